The van der Waals surface area contributed by atoms with E-state index in [-0.39, 0.29) is 6.10 Å². The summed E-state index contributed by atoms with van der Waals surface area (Å²) in [5, 5.41) is 14.3. The van der Waals surface area contributed by atoms with Crippen molar-refractivity contribution < 1.29 is 5.11 Å². The summed E-state index contributed by atoms with van der Waals surface area (Å²) in [6.07, 6.45) is 1.80. The fourth-order valence-corrected chi connectivity index (χ4v) is 2.71. The molecular weight excluding hydrogens is 238 g/mol. The Morgan fingerprint density at radius 1 is 1.53 bits per heavy atom. The molecule has 1 heterocycles. The summed E-state index contributed by atoms with van der Waals surface area (Å²) in [6.45, 7) is 3.83. The van der Waals surface area contributed by atoms with Gasteiger partial charge in [0.1, 0.15) is 5.15 Å². The van der Waals surface area contributed by atoms with Gasteiger partial charge in [-0.2, -0.15) is 5.10 Å². The summed E-state index contributed by atoms with van der Waals surface area (Å²) in [6, 6.07) is 0. The highest BCUT2D eigenvalue weighted by molar-refractivity contribution is 6.30. The van der Waals surface area contributed by atoms with Crippen LogP contribution in [0.15, 0.2) is 0 Å². The Kier molecular flexibility index (Phi) is 3.76. The Balaban J connectivity index is 1.91. The van der Waals surface area contributed by atoms with E-state index < -0.39 is 0 Å². The molecule has 1 fully saturated rings. The van der Waals surface area contributed by atoms with Gasteiger partial charge in [-0.15, -0.1) is 0 Å². The fraction of sp³-hybridized carbons (Fsp3) is 0.750. The molecule has 1 aliphatic rings. The number of rotatable bonds is 4. The van der Waals surface area contributed by atoms with Crippen LogP contribution in [0, 0.1) is 12.8 Å². The fourth-order valence-electron chi connectivity index (χ4n) is 2.48. The number of nitrogens with zero attached hydrogens (tertiary/aromatic N) is 3. The highest BCUT2D eigenvalue weighted by atomic mass is 35.5. The first kappa shape index (κ1) is 12.9. The van der Waals surface area contributed by atoms with Gasteiger partial charge in [0.05, 0.1) is 11.8 Å². The lowest BCUT2D eigenvalue weighted by molar-refractivity contribution is 0.0273. The Morgan fingerprint density at radius 3 is 2.65 bits per heavy atom. The second-order valence-electron chi connectivity index (χ2n) is 5.17. The molecule has 1 N–H and O–H groups in total. The van der Waals surface area contributed by atoms with Crippen LogP contribution in [-0.4, -0.2) is 39.5 Å². The third-order valence-electron chi connectivity index (χ3n) is 3.48. The smallest absolute Gasteiger partial charge is 0.131 e. The van der Waals surface area contributed by atoms with Gasteiger partial charge in [0.25, 0.3) is 0 Å². The van der Waals surface area contributed by atoms with E-state index in [2.05, 4.69) is 17.0 Å². The maximum absolute atomic E-state index is 9.26. The molecule has 5 heteroatoms. The molecule has 0 amide bonds. The van der Waals surface area contributed by atoms with Gasteiger partial charge in [0, 0.05) is 25.7 Å². The average Bonchev–Trinajstić information content (AvgIpc) is 2.43. The van der Waals surface area contributed by atoms with Crippen molar-refractivity contribution in [1.29, 1.82) is 0 Å². The van der Waals surface area contributed by atoms with Gasteiger partial charge in [-0.25, -0.2) is 0 Å². The molecule has 96 valence electrons. The topological polar surface area (TPSA) is 41.3 Å². The minimum absolute atomic E-state index is 0.0721. The van der Waals surface area contributed by atoms with Crippen LogP contribution in [-0.2, 0) is 13.6 Å². The molecule has 2 rings (SSSR count). The molecule has 0 saturated heterocycles. The number of hydrogen-bond donors (Lipinski definition) is 1. The van der Waals surface area contributed by atoms with Crippen LogP contribution in [0.2, 0.25) is 5.15 Å². The van der Waals surface area contributed by atoms with Gasteiger partial charge < -0.3 is 10.0 Å². The largest absolute Gasteiger partial charge is 0.393 e. The van der Waals surface area contributed by atoms with Gasteiger partial charge in [-0.3, -0.25) is 4.68 Å². The molecule has 1 aromatic heterocycles. The predicted molar refractivity (Wildman–Crippen MR) is 68.0 cm³/mol. The molecule has 0 radical (unpaired) electrons. The summed E-state index contributed by atoms with van der Waals surface area (Å²) in [4.78, 5) is 2.26. The lowest BCUT2D eigenvalue weighted by atomic mass is 9.82. The Bertz CT molecular complexity index is 399. The van der Waals surface area contributed by atoms with Crippen molar-refractivity contribution >= 4 is 11.6 Å². The number of hydrogen-bond acceptors (Lipinski definition) is 3. The number of aromatic nitrogens is 2. The maximum atomic E-state index is 9.26. The Hall–Kier alpha value is -0.580. The van der Waals surface area contributed by atoms with E-state index in [0.29, 0.717) is 5.92 Å². The first-order valence-corrected chi connectivity index (χ1v) is 6.39. The Morgan fingerprint density at radius 2 is 2.18 bits per heavy atom. The van der Waals surface area contributed by atoms with Crippen molar-refractivity contribution in [3.8, 4) is 0 Å². The summed E-state index contributed by atoms with van der Waals surface area (Å²) < 4.78 is 1.72. The maximum Gasteiger partial charge on any atom is 0.131 e. The molecule has 1 aliphatic carbocycles. The normalized spacial score (nSPS) is 24.1. The van der Waals surface area contributed by atoms with E-state index >= 15 is 0 Å². The van der Waals surface area contributed by atoms with Crippen molar-refractivity contribution in [1.82, 2.24) is 14.7 Å². The third kappa shape index (κ3) is 2.81. The van der Waals surface area contributed by atoms with E-state index in [4.69, 9.17) is 11.6 Å². The number of aliphatic hydroxyl groups excluding tert-OH is 1. The second kappa shape index (κ2) is 4.96. The molecule has 0 spiro atoms. The summed E-state index contributed by atoms with van der Waals surface area (Å²) >= 11 is 6.20. The van der Waals surface area contributed by atoms with E-state index in [1.54, 1.807) is 4.68 Å². The molecule has 17 heavy (non-hydrogen) atoms. The van der Waals surface area contributed by atoms with Crippen LogP contribution < -0.4 is 0 Å². The molecule has 1 saturated carbocycles. The van der Waals surface area contributed by atoms with Crippen LogP contribution in [0.1, 0.15) is 24.1 Å². The number of aryl methyl sites for hydroxylation is 2. The number of aliphatic hydroxyl groups is 1. The van der Waals surface area contributed by atoms with Crippen molar-refractivity contribution in [2.24, 2.45) is 13.0 Å². The monoisotopic (exact) mass is 257 g/mol. The van der Waals surface area contributed by atoms with Crippen LogP contribution in [0.3, 0.4) is 0 Å². The Labute approximate surface area is 107 Å². The molecule has 0 unspecified atom stereocenters. The number of halogens is 1. The predicted octanol–water partition coefficient (Wildman–Crippen LogP) is 1.58. The molecule has 0 aliphatic heterocycles. The lowest BCUT2D eigenvalue weighted by Gasteiger charge is -2.34. The zero-order chi connectivity index (χ0) is 12.6. The van der Waals surface area contributed by atoms with Crippen molar-refractivity contribution in [2.75, 3.05) is 13.6 Å². The van der Waals surface area contributed by atoms with E-state index in [1.165, 1.54) is 0 Å². The summed E-state index contributed by atoms with van der Waals surface area (Å²) in [5.41, 5.74) is 2.11. The minimum atomic E-state index is -0.0721. The van der Waals surface area contributed by atoms with Gasteiger partial charge in [-0.1, -0.05) is 11.6 Å². The summed E-state index contributed by atoms with van der Waals surface area (Å²) in [5.74, 6) is 0.630. The average molecular weight is 258 g/mol. The molecule has 1 aromatic rings. The van der Waals surface area contributed by atoms with Gasteiger partial charge in [0.15, 0.2) is 0 Å². The van der Waals surface area contributed by atoms with Gasteiger partial charge in [0.2, 0.25) is 0 Å². The highest BCUT2D eigenvalue weighted by Crippen LogP contribution is 2.28. The van der Waals surface area contributed by atoms with Crippen LogP contribution >= 0.6 is 11.6 Å². The van der Waals surface area contributed by atoms with Crippen molar-refractivity contribution in [3.05, 3.63) is 16.4 Å². The molecular formula is C12H20ClN3O. The first-order valence-electron chi connectivity index (χ1n) is 6.02. The van der Waals surface area contributed by atoms with Crippen molar-refractivity contribution in [2.45, 2.75) is 32.4 Å². The molecule has 0 bridgehead atoms. The molecule has 0 aromatic carbocycles. The standard InChI is InChI=1S/C12H20ClN3O/c1-8-11(12(13)16(3)14-8)7-15(2)6-9-4-10(17)5-9/h9-10,17H,4-7H2,1-3H3. The SMILES string of the molecule is Cc1nn(C)c(Cl)c1CN(C)CC1CC(O)C1. The minimum Gasteiger partial charge on any atom is -0.393 e. The van der Waals surface area contributed by atoms with Crippen LogP contribution in [0.5, 0.6) is 0 Å². The molecule has 0 atom stereocenters. The molecule has 4 nitrogen and oxygen atoms in total. The zero-order valence-corrected chi connectivity index (χ0v) is 11.4. The quantitative estimate of drug-likeness (QED) is 0.891. The highest BCUT2D eigenvalue weighted by Gasteiger charge is 2.28. The van der Waals surface area contributed by atoms with E-state index in [9.17, 15) is 5.11 Å². The third-order valence-corrected chi connectivity index (χ3v) is 3.95. The van der Waals surface area contributed by atoms with E-state index in [0.717, 1.165) is 42.3 Å². The first-order chi connectivity index (χ1) is 7.97. The van der Waals surface area contributed by atoms with Crippen LogP contribution in [0.4, 0.5) is 0 Å². The van der Waals surface area contributed by atoms with Gasteiger partial charge in [-0.05, 0) is 32.7 Å². The van der Waals surface area contributed by atoms with Crippen molar-refractivity contribution in [3.63, 3.8) is 0 Å². The summed E-state index contributed by atoms with van der Waals surface area (Å²) in [7, 11) is 3.95. The second-order valence-corrected chi connectivity index (χ2v) is 5.52. The lowest BCUT2D eigenvalue weighted by Crippen LogP contribution is -2.36. The van der Waals surface area contributed by atoms with E-state index in [1.807, 2.05) is 14.0 Å². The zero-order valence-electron chi connectivity index (χ0n) is 10.6. The van der Waals surface area contributed by atoms with Crippen LogP contribution in [0.25, 0.3) is 0 Å². The van der Waals surface area contributed by atoms with Gasteiger partial charge >= 0.3 is 0 Å².